The molecule has 2 aliphatic rings. The Morgan fingerprint density at radius 1 is 1.35 bits per heavy atom. The summed E-state index contributed by atoms with van der Waals surface area (Å²) < 4.78 is 4.33. The Bertz CT molecular complexity index is 633. The van der Waals surface area contributed by atoms with Gasteiger partial charge in [0, 0.05) is 11.4 Å². The van der Waals surface area contributed by atoms with Crippen molar-refractivity contribution in [3.8, 4) is 11.3 Å². The van der Waals surface area contributed by atoms with Gasteiger partial charge in [-0.3, -0.25) is 0 Å². The highest BCUT2D eigenvalue weighted by molar-refractivity contribution is 7.11. The number of nitrogens with one attached hydrogen (secondary N) is 1. The van der Waals surface area contributed by atoms with E-state index < -0.39 is 0 Å². The maximum atomic E-state index is 6.06. The second-order valence-electron chi connectivity index (χ2n) is 5.95. The highest BCUT2D eigenvalue weighted by Gasteiger charge is 2.40. The minimum absolute atomic E-state index is 0.603. The summed E-state index contributed by atoms with van der Waals surface area (Å²) in [5.74, 6) is 2.38. The predicted octanol–water partition coefficient (Wildman–Crippen LogP) is 3.76. The minimum Gasteiger partial charge on any atom is -0.382 e. The molecular formula is C14H18N4S2. The molecule has 2 aromatic rings. The summed E-state index contributed by atoms with van der Waals surface area (Å²) in [6.07, 6.45) is 5.50. The van der Waals surface area contributed by atoms with Crippen LogP contribution in [0, 0.1) is 18.8 Å². The fourth-order valence-corrected chi connectivity index (χ4v) is 5.11. The number of hydrogen-bond acceptors (Lipinski definition) is 6. The highest BCUT2D eigenvalue weighted by atomic mass is 32.1. The van der Waals surface area contributed by atoms with Crippen molar-refractivity contribution in [2.75, 3.05) is 11.1 Å². The van der Waals surface area contributed by atoms with E-state index in [1.165, 1.54) is 37.2 Å². The molecule has 3 unspecified atom stereocenters. The second-order valence-corrected chi connectivity index (χ2v) is 7.79. The van der Waals surface area contributed by atoms with Gasteiger partial charge in [-0.25, -0.2) is 4.98 Å². The van der Waals surface area contributed by atoms with Crippen molar-refractivity contribution < 1.29 is 0 Å². The Labute approximate surface area is 126 Å². The van der Waals surface area contributed by atoms with Gasteiger partial charge in [-0.2, -0.15) is 4.37 Å². The van der Waals surface area contributed by atoms with E-state index in [9.17, 15) is 0 Å². The van der Waals surface area contributed by atoms with Crippen LogP contribution in [0.1, 0.15) is 30.7 Å². The molecule has 3 atom stereocenters. The van der Waals surface area contributed by atoms with Crippen LogP contribution < -0.4 is 11.1 Å². The molecule has 2 fully saturated rings. The Kier molecular flexibility index (Phi) is 2.96. The zero-order valence-electron chi connectivity index (χ0n) is 11.4. The lowest BCUT2D eigenvalue weighted by atomic mass is 9.95. The van der Waals surface area contributed by atoms with Gasteiger partial charge in [0.05, 0.1) is 16.3 Å². The van der Waals surface area contributed by atoms with E-state index in [0.717, 1.165) is 33.1 Å². The van der Waals surface area contributed by atoms with Crippen molar-refractivity contribution in [3.05, 3.63) is 10.4 Å². The van der Waals surface area contributed by atoms with Crippen LogP contribution in [-0.2, 0) is 0 Å². The third-order valence-electron chi connectivity index (χ3n) is 4.65. The summed E-state index contributed by atoms with van der Waals surface area (Å²) in [5, 5.41) is 7.95. The predicted molar refractivity (Wildman–Crippen MR) is 85.2 cm³/mol. The molecule has 0 radical (unpaired) electrons. The SMILES string of the molecule is Cc1nc(-c2c(N)nsc2NC2CC3CCC2C3)cs1. The number of aryl methyl sites for hydroxylation is 1. The Balaban J connectivity index is 1.62. The molecule has 0 aliphatic heterocycles. The zero-order valence-corrected chi connectivity index (χ0v) is 13.1. The molecule has 2 aromatic heterocycles. The summed E-state index contributed by atoms with van der Waals surface area (Å²) in [6.45, 7) is 2.02. The molecule has 4 rings (SSSR count). The first kappa shape index (κ1) is 12.6. The van der Waals surface area contributed by atoms with E-state index in [4.69, 9.17) is 5.73 Å². The third-order valence-corrected chi connectivity index (χ3v) is 6.21. The molecule has 6 heteroatoms. The van der Waals surface area contributed by atoms with Gasteiger partial charge in [-0.15, -0.1) is 11.3 Å². The van der Waals surface area contributed by atoms with E-state index in [-0.39, 0.29) is 0 Å². The molecular weight excluding hydrogens is 288 g/mol. The number of fused-ring (bicyclic) bond motifs is 2. The van der Waals surface area contributed by atoms with Crippen LogP contribution in [0.5, 0.6) is 0 Å². The number of anilines is 2. The minimum atomic E-state index is 0.603. The van der Waals surface area contributed by atoms with E-state index >= 15 is 0 Å². The summed E-state index contributed by atoms with van der Waals surface area (Å²) in [4.78, 5) is 4.56. The van der Waals surface area contributed by atoms with Crippen LogP contribution in [0.3, 0.4) is 0 Å². The average molecular weight is 306 g/mol. The molecule has 2 bridgehead atoms. The molecule has 20 heavy (non-hydrogen) atoms. The standard InChI is InChI=1S/C14H18N4S2/c1-7-16-11(6-19-7)12-13(15)18-20-14(12)17-10-5-8-2-3-9(10)4-8/h6,8-10,17H,2-5H2,1H3,(H2,15,18). The molecule has 3 N–H and O–H groups in total. The van der Waals surface area contributed by atoms with Crippen LogP contribution in [0.2, 0.25) is 0 Å². The normalized spacial score (nSPS) is 28.1. The van der Waals surface area contributed by atoms with Crippen LogP contribution in [0.4, 0.5) is 10.8 Å². The Hall–Kier alpha value is -1.14. The third kappa shape index (κ3) is 2.02. The van der Waals surface area contributed by atoms with Crippen LogP contribution in [-0.4, -0.2) is 15.4 Å². The largest absolute Gasteiger partial charge is 0.382 e. The maximum absolute atomic E-state index is 6.06. The molecule has 2 aliphatic carbocycles. The van der Waals surface area contributed by atoms with Crippen LogP contribution in [0.15, 0.2) is 5.38 Å². The van der Waals surface area contributed by atoms with Crippen molar-refractivity contribution in [1.82, 2.24) is 9.36 Å². The lowest BCUT2D eigenvalue weighted by Crippen LogP contribution is -2.25. The van der Waals surface area contributed by atoms with Crippen LogP contribution >= 0.6 is 22.9 Å². The lowest BCUT2D eigenvalue weighted by molar-refractivity contribution is 0.440. The molecule has 0 spiro atoms. The van der Waals surface area contributed by atoms with E-state index in [0.29, 0.717) is 11.9 Å². The zero-order chi connectivity index (χ0) is 13.7. The number of rotatable bonds is 3. The number of hydrogen-bond donors (Lipinski definition) is 2. The number of aromatic nitrogens is 2. The number of thiazole rings is 1. The molecule has 2 heterocycles. The van der Waals surface area contributed by atoms with Gasteiger partial charge in [0.15, 0.2) is 0 Å². The monoisotopic (exact) mass is 306 g/mol. The fraction of sp³-hybridized carbons (Fsp3) is 0.571. The average Bonchev–Trinajstić information content (AvgIpc) is 3.16. The van der Waals surface area contributed by atoms with E-state index in [2.05, 4.69) is 20.1 Å². The molecule has 0 aromatic carbocycles. The van der Waals surface area contributed by atoms with Gasteiger partial charge < -0.3 is 11.1 Å². The Morgan fingerprint density at radius 2 is 2.25 bits per heavy atom. The van der Waals surface area contributed by atoms with Gasteiger partial charge in [-0.1, -0.05) is 6.42 Å². The van der Waals surface area contributed by atoms with Gasteiger partial charge in [-0.05, 0) is 49.6 Å². The highest BCUT2D eigenvalue weighted by Crippen LogP contribution is 2.47. The smallest absolute Gasteiger partial charge is 0.148 e. The molecule has 0 amide bonds. The number of nitrogens with zero attached hydrogens (tertiary/aromatic N) is 2. The lowest BCUT2D eigenvalue weighted by Gasteiger charge is -2.23. The quantitative estimate of drug-likeness (QED) is 0.906. The maximum Gasteiger partial charge on any atom is 0.148 e. The van der Waals surface area contributed by atoms with Crippen molar-refractivity contribution in [2.24, 2.45) is 11.8 Å². The summed E-state index contributed by atoms with van der Waals surface area (Å²) >= 11 is 3.13. The van der Waals surface area contributed by atoms with E-state index in [1.54, 1.807) is 11.3 Å². The van der Waals surface area contributed by atoms with Crippen molar-refractivity contribution in [2.45, 2.75) is 38.6 Å². The van der Waals surface area contributed by atoms with E-state index in [1.807, 2.05) is 6.92 Å². The van der Waals surface area contributed by atoms with Gasteiger partial charge in [0.25, 0.3) is 0 Å². The second kappa shape index (κ2) is 4.70. The summed E-state index contributed by atoms with van der Waals surface area (Å²) in [6, 6.07) is 0.604. The van der Waals surface area contributed by atoms with Crippen molar-refractivity contribution in [1.29, 1.82) is 0 Å². The fourth-order valence-electron chi connectivity index (χ4n) is 3.72. The topological polar surface area (TPSA) is 63.8 Å². The van der Waals surface area contributed by atoms with Gasteiger partial charge in [0.2, 0.25) is 0 Å². The van der Waals surface area contributed by atoms with Gasteiger partial charge >= 0.3 is 0 Å². The van der Waals surface area contributed by atoms with Gasteiger partial charge in [0.1, 0.15) is 10.8 Å². The number of nitrogen functional groups attached to an aromatic ring is 1. The first-order valence-electron chi connectivity index (χ1n) is 7.15. The number of nitrogens with two attached hydrogens (primary N) is 1. The molecule has 0 saturated heterocycles. The summed E-state index contributed by atoms with van der Waals surface area (Å²) in [5.41, 5.74) is 8.02. The first-order valence-corrected chi connectivity index (χ1v) is 8.80. The summed E-state index contributed by atoms with van der Waals surface area (Å²) in [7, 11) is 0. The molecule has 4 nitrogen and oxygen atoms in total. The first-order chi connectivity index (χ1) is 9.70. The molecule has 106 valence electrons. The van der Waals surface area contributed by atoms with Crippen LogP contribution in [0.25, 0.3) is 11.3 Å². The molecule has 2 saturated carbocycles. The van der Waals surface area contributed by atoms with Crippen molar-refractivity contribution >= 4 is 33.7 Å². The van der Waals surface area contributed by atoms with Crippen molar-refractivity contribution in [3.63, 3.8) is 0 Å². The Morgan fingerprint density at radius 3 is 2.90 bits per heavy atom.